The van der Waals surface area contributed by atoms with Crippen molar-refractivity contribution < 1.29 is 22.7 Å². The van der Waals surface area contributed by atoms with Gasteiger partial charge >= 0.3 is 5.97 Å². The van der Waals surface area contributed by atoms with E-state index in [-0.39, 0.29) is 35.2 Å². The van der Waals surface area contributed by atoms with E-state index in [0.29, 0.717) is 5.69 Å². The van der Waals surface area contributed by atoms with Crippen molar-refractivity contribution in [2.24, 2.45) is 0 Å². The lowest BCUT2D eigenvalue weighted by Crippen LogP contribution is -2.32. The van der Waals surface area contributed by atoms with Gasteiger partial charge in [-0.1, -0.05) is 12.1 Å². The van der Waals surface area contributed by atoms with Crippen LogP contribution >= 0.6 is 0 Å². The largest absolute Gasteiger partial charge is 0.462 e. The van der Waals surface area contributed by atoms with Crippen LogP contribution in [0.1, 0.15) is 31.1 Å². The fourth-order valence-electron chi connectivity index (χ4n) is 2.58. The number of carbonyl (C=O) groups excluding carboxylic acids is 2. The van der Waals surface area contributed by atoms with Gasteiger partial charge in [0.2, 0.25) is 5.91 Å². The molecule has 0 aliphatic rings. The van der Waals surface area contributed by atoms with Crippen molar-refractivity contribution in [1.29, 1.82) is 0 Å². The molecule has 8 heteroatoms. The molecule has 7 nitrogen and oxygen atoms in total. The van der Waals surface area contributed by atoms with Crippen molar-refractivity contribution in [3.63, 3.8) is 0 Å². The monoisotopic (exact) mass is 390 g/mol. The second-order valence-corrected chi connectivity index (χ2v) is 7.48. The van der Waals surface area contributed by atoms with Gasteiger partial charge in [0.25, 0.3) is 10.0 Å². The minimum atomic E-state index is -3.91. The lowest BCUT2D eigenvalue weighted by Gasteiger charge is -2.25. The topological polar surface area (TPSA) is 92.8 Å². The van der Waals surface area contributed by atoms with Crippen molar-refractivity contribution in [1.82, 2.24) is 0 Å². The molecule has 0 radical (unpaired) electrons. The summed E-state index contributed by atoms with van der Waals surface area (Å²) in [6, 6.07) is 12.3. The molecule has 2 aromatic carbocycles. The molecule has 0 heterocycles. The van der Waals surface area contributed by atoms with Crippen molar-refractivity contribution >= 4 is 33.3 Å². The third-order valence-corrected chi connectivity index (χ3v) is 5.62. The number of benzene rings is 2. The molecule has 1 amide bonds. The second-order valence-electron chi connectivity index (χ2n) is 5.61. The number of carbonyl (C=O) groups is 2. The Kier molecular flexibility index (Phi) is 6.57. The first-order chi connectivity index (χ1) is 12.8. The van der Waals surface area contributed by atoms with Crippen LogP contribution < -0.4 is 9.62 Å². The zero-order valence-electron chi connectivity index (χ0n) is 15.4. The van der Waals surface area contributed by atoms with Crippen LogP contribution in [0.25, 0.3) is 0 Å². The van der Waals surface area contributed by atoms with Gasteiger partial charge in [-0.05, 0) is 50.2 Å². The van der Waals surface area contributed by atoms with E-state index in [1.807, 2.05) is 0 Å². The van der Waals surface area contributed by atoms with E-state index in [9.17, 15) is 18.0 Å². The molecule has 0 spiro atoms. The minimum Gasteiger partial charge on any atom is -0.462 e. The standard InChI is InChI=1S/C19H22N2O5S/c1-4-21(18-9-7-6-8-17(18)19(23)26-5-2)27(24,25)16-12-10-15(11-13-16)20-14(3)22/h6-13H,4-5H2,1-3H3,(H,20,22). The molecule has 2 rings (SSSR count). The Morgan fingerprint density at radius 1 is 1.04 bits per heavy atom. The summed E-state index contributed by atoms with van der Waals surface area (Å²) in [6.45, 7) is 5.06. The molecule has 0 aliphatic heterocycles. The molecular formula is C19H22N2O5S. The highest BCUT2D eigenvalue weighted by atomic mass is 32.2. The van der Waals surface area contributed by atoms with Crippen LogP contribution in [0.5, 0.6) is 0 Å². The molecular weight excluding hydrogens is 368 g/mol. The summed E-state index contributed by atoms with van der Waals surface area (Å²) in [4.78, 5) is 23.4. The van der Waals surface area contributed by atoms with E-state index in [1.54, 1.807) is 32.0 Å². The third kappa shape index (κ3) is 4.65. The lowest BCUT2D eigenvalue weighted by atomic mass is 10.2. The second kappa shape index (κ2) is 8.68. The Hall–Kier alpha value is -2.87. The molecule has 144 valence electrons. The van der Waals surface area contributed by atoms with Gasteiger partial charge in [0.15, 0.2) is 0 Å². The van der Waals surface area contributed by atoms with E-state index in [0.717, 1.165) is 4.31 Å². The number of rotatable bonds is 7. The van der Waals surface area contributed by atoms with Gasteiger partial charge in [0, 0.05) is 19.2 Å². The quantitative estimate of drug-likeness (QED) is 0.734. The predicted molar refractivity (Wildman–Crippen MR) is 103 cm³/mol. The minimum absolute atomic E-state index is 0.0529. The highest BCUT2D eigenvalue weighted by molar-refractivity contribution is 7.92. The lowest BCUT2D eigenvalue weighted by molar-refractivity contribution is -0.114. The van der Waals surface area contributed by atoms with Crippen molar-refractivity contribution in [2.45, 2.75) is 25.7 Å². The maximum absolute atomic E-state index is 13.1. The van der Waals surface area contributed by atoms with E-state index in [4.69, 9.17) is 4.74 Å². The number of sulfonamides is 1. The highest BCUT2D eigenvalue weighted by Crippen LogP contribution is 2.28. The molecule has 2 aromatic rings. The van der Waals surface area contributed by atoms with Crippen LogP contribution in [0.4, 0.5) is 11.4 Å². The number of para-hydroxylation sites is 1. The molecule has 0 unspecified atom stereocenters. The van der Waals surface area contributed by atoms with Crippen LogP contribution in [0.15, 0.2) is 53.4 Å². The van der Waals surface area contributed by atoms with Crippen molar-refractivity contribution in [3.05, 3.63) is 54.1 Å². The summed E-state index contributed by atoms with van der Waals surface area (Å²) in [5, 5.41) is 2.59. The van der Waals surface area contributed by atoms with Crippen LogP contribution in [0.3, 0.4) is 0 Å². The van der Waals surface area contributed by atoms with Crippen molar-refractivity contribution in [3.8, 4) is 0 Å². The first-order valence-electron chi connectivity index (χ1n) is 8.47. The van der Waals surface area contributed by atoms with Crippen LogP contribution in [0, 0.1) is 0 Å². The number of amides is 1. The average Bonchev–Trinajstić information content (AvgIpc) is 2.62. The molecule has 0 aliphatic carbocycles. The van der Waals surface area contributed by atoms with Crippen LogP contribution in [-0.2, 0) is 19.6 Å². The predicted octanol–water partition coefficient (Wildman–Crippen LogP) is 3.04. The summed E-state index contributed by atoms with van der Waals surface area (Å²) in [5.74, 6) is -0.827. The molecule has 0 aromatic heterocycles. The Balaban J connectivity index is 2.45. The number of esters is 1. The highest BCUT2D eigenvalue weighted by Gasteiger charge is 2.27. The van der Waals surface area contributed by atoms with E-state index in [1.165, 1.54) is 37.3 Å². The fourth-order valence-corrected chi connectivity index (χ4v) is 4.08. The van der Waals surface area contributed by atoms with Gasteiger partial charge in [-0.15, -0.1) is 0 Å². The SMILES string of the molecule is CCOC(=O)c1ccccc1N(CC)S(=O)(=O)c1ccc(NC(C)=O)cc1. The summed E-state index contributed by atoms with van der Waals surface area (Å²) in [6.07, 6.45) is 0. The Labute approximate surface area is 159 Å². The zero-order chi connectivity index (χ0) is 20.0. The van der Waals surface area contributed by atoms with Gasteiger partial charge in [0.05, 0.1) is 22.8 Å². The van der Waals surface area contributed by atoms with Gasteiger partial charge in [-0.25, -0.2) is 13.2 Å². The maximum atomic E-state index is 13.1. The summed E-state index contributed by atoms with van der Waals surface area (Å²) < 4.78 is 32.4. The molecule has 0 fully saturated rings. The van der Waals surface area contributed by atoms with Crippen LogP contribution in [-0.4, -0.2) is 33.4 Å². The molecule has 1 N–H and O–H groups in total. The van der Waals surface area contributed by atoms with Gasteiger partial charge in [-0.3, -0.25) is 9.10 Å². The Bertz CT molecular complexity index is 923. The number of nitrogens with one attached hydrogen (secondary N) is 1. The normalized spacial score (nSPS) is 10.9. The Morgan fingerprint density at radius 2 is 1.67 bits per heavy atom. The zero-order valence-corrected chi connectivity index (χ0v) is 16.2. The van der Waals surface area contributed by atoms with E-state index < -0.39 is 16.0 Å². The fraction of sp³-hybridized carbons (Fsp3) is 0.263. The summed E-state index contributed by atoms with van der Waals surface area (Å²) >= 11 is 0. The number of anilines is 2. The smallest absolute Gasteiger partial charge is 0.340 e. The summed E-state index contributed by atoms with van der Waals surface area (Å²) in [5.41, 5.74) is 0.931. The number of hydrogen-bond donors (Lipinski definition) is 1. The maximum Gasteiger partial charge on any atom is 0.340 e. The first-order valence-corrected chi connectivity index (χ1v) is 9.91. The number of hydrogen-bond acceptors (Lipinski definition) is 5. The molecule has 0 saturated heterocycles. The summed E-state index contributed by atoms with van der Waals surface area (Å²) in [7, 11) is -3.91. The molecule has 0 atom stereocenters. The van der Waals surface area contributed by atoms with E-state index in [2.05, 4.69) is 5.32 Å². The molecule has 0 saturated carbocycles. The van der Waals surface area contributed by atoms with Gasteiger partial charge < -0.3 is 10.1 Å². The third-order valence-electron chi connectivity index (χ3n) is 3.72. The first kappa shape index (κ1) is 20.4. The molecule has 0 bridgehead atoms. The Morgan fingerprint density at radius 3 is 2.22 bits per heavy atom. The van der Waals surface area contributed by atoms with Gasteiger partial charge in [-0.2, -0.15) is 0 Å². The average molecular weight is 390 g/mol. The van der Waals surface area contributed by atoms with E-state index >= 15 is 0 Å². The van der Waals surface area contributed by atoms with Crippen LogP contribution in [0.2, 0.25) is 0 Å². The van der Waals surface area contributed by atoms with Gasteiger partial charge in [0.1, 0.15) is 0 Å². The number of nitrogens with zero attached hydrogens (tertiary/aromatic N) is 1. The van der Waals surface area contributed by atoms with Crippen molar-refractivity contribution in [2.75, 3.05) is 22.8 Å². The number of ether oxygens (including phenoxy) is 1. The molecule has 27 heavy (non-hydrogen) atoms.